The smallest absolute Gasteiger partial charge is 0.326 e. The zero-order valence-corrected chi connectivity index (χ0v) is 16.8. The summed E-state index contributed by atoms with van der Waals surface area (Å²) >= 11 is 1.29. The molecule has 0 saturated carbocycles. The van der Waals surface area contributed by atoms with E-state index in [-0.39, 0.29) is 24.3 Å². The number of hydrogen-bond acceptors (Lipinski definition) is 7. The molecule has 3 rings (SSSR count). The molecular formula is C19H21N5O5S. The number of nitrogens with one attached hydrogen (secondary N) is 3. The van der Waals surface area contributed by atoms with Crippen molar-refractivity contribution < 1.29 is 19.5 Å². The van der Waals surface area contributed by atoms with Crippen LogP contribution in [-0.2, 0) is 22.4 Å². The van der Waals surface area contributed by atoms with Gasteiger partial charge in [-0.1, -0.05) is 0 Å². The number of fused-ring (bicyclic) bond motifs is 1. The standard InChI is InChI=1S/C19H21N5O5S/c20-19-23-15-12(16(26)24-19)9-10(21-15)3-1-4-11-6-7-14(30-11)17(27)22-13(18(28)29)5-2-8-25/h6-9,13H,1-5H2,(H,22,27)(H,28,29)(H4,20,21,23,24,26)/t13-/m0/s1. The van der Waals surface area contributed by atoms with E-state index in [0.29, 0.717) is 35.0 Å². The minimum atomic E-state index is -1.17. The van der Waals surface area contributed by atoms with E-state index in [0.717, 1.165) is 17.0 Å². The fourth-order valence-corrected chi connectivity index (χ4v) is 3.99. The summed E-state index contributed by atoms with van der Waals surface area (Å²) in [4.78, 5) is 56.8. The number of carboxylic acid groups (broad SMARTS) is 1. The Balaban J connectivity index is 1.56. The molecule has 0 unspecified atom stereocenters. The number of carbonyl (C=O) groups excluding carboxylic acids is 2. The molecule has 0 radical (unpaired) electrons. The number of carboxylic acids is 1. The zero-order chi connectivity index (χ0) is 21.7. The van der Waals surface area contributed by atoms with Crippen LogP contribution in [0.2, 0.25) is 0 Å². The van der Waals surface area contributed by atoms with Crippen molar-refractivity contribution in [2.45, 2.75) is 38.1 Å². The van der Waals surface area contributed by atoms with Gasteiger partial charge in [0.05, 0.1) is 10.3 Å². The van der Waals surface area contributed by atoms with Crippen molar-refractivity contribution in [1.82, 2.24) is 20.3 Å². The molecule has 0 saturated heterocycles. The van der Waals surface area contributed by atoms with Gasteiger partial charge in [-0.15, -0.1) is 11.3 Å². The maximum Gasteiger partial charge on any atom is 0.326 e. The number of aldehydes is 1. The second-order valence-electron chi connectivity index (χ2n) is 6.74. The molecule has 0 spiro atoms. The number of H-pyrrole nitrogens is 2. The van der Waals surface area contributed by atoms with E-state index in [1.807, 2.05) is 6.07 Å². The van der Waals surface area contributed by atoms with Gasteiger partial charge in [-0.05, 0) is 43.9 Å². The summed E-state index contributed by atoms with van der Waals surface area (Å²) in [6, 6.07) is 4.14. The fourth-order valence-electron chi connectivity index (χ4n) is 3.03. The minimum absolute atomic E-state index is 0.0522. The van der Waals surface area contributed by atoms with Crippen LogP contribution < -0.4 is 16.6 Å². The Morgan fingerprint density at radius 3 is 2.83 bits per heavy atom. The van der Waals surface area contributed by atoms with E-state index in [1.165, 1.54) is 11.3 Å². The van der Waals surface area contributed by atoms with Crippen LogP contribution in [0.4, 0.5) is 5.95 Å². The van der Waals surface area contributed by atoms with Crippen LogP contribution in [0.15, 0.2) is 23.0 Å². The lowest BCUT2D eigenvalue weighted by Crippen LogP contribution is -2.40. The third kappa shape index (κ3) is 5.11. The first-order chi connectivity index (χ1) is 14.4. The third-order valence-corrected chi connectivity index (χ3v) is 5.65. The van der Waals surface area contributed by atoms with E-state index >= 15 is 0 Å². The number of aromatic amines is 2. The van der Waals surface area contributed by atoms with Crippen LogP contribution in [0, 0.1) is 0 Å². The quantitative estimate of drug-likeness (QED) is 0.300. The highest BCUT2D eigenvalue weighted by Gasteiger charge is 2.21. The summed E-state index contributed by atoms with van der Waals surface area (Å²) in [6.07, 6.45) is 2.92. The van der Waals surface area contributed by atoms with Crippen molar-refractivity contribution in [3.05, 3.63) is 44.0 Å². The molecule has 0 aromatic carbocycles. The van der Waals surface area contributed by atoms with Gasteiger partial charge in [0.15, 0.2) is 0 Å². The molecule has 6 N–H and O–H groups in total. The average molecular weight is 431 g/mol. The summed E-state index contributed by atoms with van der Waals surface area (Å²) in [5.74, 6) is -1.58. The number of rotatable bonds is 10. The van der Waals surface area contributed by atoms with Crippen LogP contribution in [0.25, 0.3) is 11.0 Å². The van der Waals surface area contributed by atoms with Gasteiger partial charge in [-0.25, -0.2) is 4.79 Å². The van der Waals surface area contributed by atoms with Crippen LogP contribution in [0.3, 0.4) is 0 Å². The van der Waals surface area contributed by atoms with Gasteiger partial charge < -0.3 is 25.9 Å². The summed E-state index contributed by atoms with van der Waals surface area (Å²) in [5.41, 5.74) is 6.56. The number of nitrogens with zero attached hydrogens (tertiary/aromatic N) is 1. The fraction of sp³-hybridized carbons (Fsp3) is 0.316. The lowest BCUT2D eigenvalue weighted by atomic mass is 10.1. The Morgan fingerprint density at radius 2 is 2.10 bits per heavy atom. The average Bonchev–Trinajstić information content (AvgIpc) is 3.32. The number of anilines is 1. The van der Waals surface area contributed by atoms with E-state index in [1.54, 1.807) is 12.1 Å². The summed E-state index contributed by atoms with van der Waals surface area (Å²) in [6.45, 7) is 0. The van der Waals surface area contributed by atoms with Crippen molar-refractivity contribution in [1.29, 1.82) is 0 Å². The number of nitrogen functional groups attached to an aromatic ring is 1. The van der Waals surface area contributed by atoms with Crippen molar-refractivity contribution in [3.63, 3.8) is 0 Å². The van der Waals surface area contributed by atoms with Crippen molar-refractivity contribution in [2.75, 3.05) is 5.73 Å². The van der Waals surface area contributed by atoms with Gasteiger partial charge in [0, 0.05) is 17.0 Å². The molecule has 0 fully saturated rings. The number of aryl methyl sites for hydroxylation is 2. The second kappa shape index (κ2) is 9.35. The highest BCUT2D eigenvalue weighted by atomic mass is 32.1. The molecule has 30 heavy (non-hydrogen) atoms. The summed E-state index contributed by atoms with van der Waals surface area (Å²) in [5, 5.41) is 12.0. The van der Waals surface area contributed by atoms with E-state index in [2.05, 4.69) is 20.3 Å². The van der Waals surface area contributed by atoms with Gasteiger partial charge in [0.2, 0.25) is 5.95 Å². The molecule has 3 aromatic rings. The number of hydrogen-bond donors (Lipinski definition) is 5. The Hall–Kier alpha value is -3.47. The Labute approximate surface area is 174 Å². The maximum atomic E-state index is 12.3. The molecule has 11 heteroatoms. The molecule has 3 heterocycles. The highest BCUT2D eigenvalue weighted by molar-refractivity contribution is 7.14. The molecule has 0 bridgehead atoms. The number of thiophene rings is 1. The molecule has 0 aliphatic heterocycles. The van der Waals surface area contributed by atoms with Gasteiger partial charge >= 0.3 is 5.97 Å². The van der Waals surface area contributed by atoms with Gasteiger partial charge in [0.25, 0.3) is 11.5 Å². The normalized spacial score (nSPS) is 12.0. The predicted octanol–water partition coefficient (Wildman–Crippen LogP) is 1.23. The molecule has 158 valence electrons. The number of nitrogens with two attached hydrogens (primary N) is 1. The second-order valence-corrected chi connectivity index (χ2v) is 7.90. The number of aliphatic carboxylic acids is 1. The Bertz CT molecular complexity index is 1130. The molecule has 10 nitrogen and oxygen atoms in total. The summed E-state index contributed by atoms with van der Waals surface area (Å²) < 4.78 is 0. The van der Waals surface area contributed by atoms with Crippen LogP contribution in [0.5, 0.6) is 0 Å². The predicted molar refractivity (Wildman–Crippen MR) is 112 cm³/mol. The van der Waals surface area contributed by atoms with Crippen molar-refractivity contribution in [3.8, 4) is 0 Å². The van der Waals surface area contributed by atoms with Gasteiger partial charge in [-0.3, -0.25) is 14.6 Å². The van der Waals surface area contributed by atoms with Gasteiger partial charge in [0.1, 0.15) is 18.0 Å². The first kappa shape index (κ1) is 21.2. The first-order valence-corrected chi connectivity index (χ1v) is 10.1. The van der Waals surface area contributed by atoms with Crippen molar-refractivity contribution in [2.24, 2.45) is 0 Å². The lowest BCUT2D eigenvalue weighted by Gasteiger charge is -2.12. The van der Waals surface area contributed by atoms with Gasteiger partial charge in [-0.2, -0.15) is 4.98 Å². The molecule has 0 aliphatic rings. The SMILES string of the molecule is Nc1nc2[nH]c(CCCc3ccc(C(=O)N[C@@H](CCC=O)C(=O)O)s3)cc2c(=O)[nH]1. The van der Waals surface area contributed by atoms with Crippen LogP contribution in [0.1, 0.15) is 39.5 Å². The monoisotopic (exact) mass is 431 g/mol. The topological polar surface area (TPSA) is 171 Å². The maximum absolute atomic E-state index is 12.3. The number of amides is 1. The Kier molecular flexibility index (Phi) is 6.62. The molecule has 3 aromatic heterocycles. The van der Waals surface area contributed by atoms with E-state index in [9.17, 15) is 19.2 Å². The number of aromatic nitrogens is 3. The third-order valence-electron chi connectivity index (χ3n) is 4.50. The number of carbonyl (C=O) groups is 3. The van der Waals surface area contributed by atoms with E-state index in [4.69, 9.17) is 10.8 Å². The van der Waals surface area contributed by atoms with E-state index < -0.39 is 17.9 Å². The molecular weight excluding hydrogens is 410 g/mol. The molecule has 1 atom stereocenters. The molecule has 0 aliphatic carbocycles. The zero-order valence-electron chi connectivity index (χ0n) is 15.9. The van der Waals surface area contributed by atoms with Crippen molar-refractivity contribution >= 4 is 46.5 Å². The largest absolute Gasteiger partial charge is 0.480 e. The molecule has 1 amide bonds. The van der Waals surface area contributed by atoms with Crippen LogP contribution in [-0.4, -0.2) is 44.3 Å². The Morgan fingerprint density at radius 1 is 1.30 bits per heavy atom. The lowest BCUT2D eigenvalue weighted by molar-refractivity contribution is -0.139. The first-order valence-electron chi connectivity index (χ1n) is 9.30. The highest BCUT2D eigenvalue weighted by Crippen LogP contribution is 2.20. The minimum Gasteiger partial charge on any atom is -0.480 e. The summed E-state index contributed by atoms with van der Waals surface area (Å²) in [7, 11) is 0. The van der Waals surface area contributed by atoms with Crippen LogP contribution >= 0.6 is 11.3 Å².